The third kappa shape index (κ3) is 3.53. The maximum atomic E-state index is 14.0. The summed E-state index contributed by atoms with van der Waals surface area (Å²) in [5.41, 5.74) is 2.26. The number of hydrogen-bond acceptors (Lipinski definition) is 6. The summed E-state index contributed by atoms with van der Waals surface area (Å²) in [6, 6.07) is 9.85. The van der Waals surface area contributed by atoms with Crippen LogP contribution >= 0.6 is 34.8 Å². The quantitative estimate of drug-likeness (QED) is 0.299. The van der Waals surface area contributed by atoms with Gasteiger partial charge in [-0.1, -0.05) is 48.0 Å². The minimum Gasteiger partial charge on any atom is -0.503 e. The molecule has 1 N–H and O–H groups in total. The molecule has 8 nitrogen and oxygen atoms in total. The van der Waals surface area contributed by atoms with Crippen LogP contribution in [0.3, 0.4) is 0 Å². The lowest BCUT2D eigenvalue weighted by molar-refractivity contribution is -0.138. The second kappa shape index (κ2) is 9.34. The zero-order valence-corrected chi connectivity index (χ0v) is 24.3. The van der Waals surface area contributed by atoms with E-state index in [1.165, 1.54) is 31.2 Å². The summed E-state index contributed by atoms with van der Waals surface area (Å²) < 4.78 is 5.31. The second-order valence-corrected chi connectivity index (χ2v) is 12.5. The lowest BCUT2D eigenvalue weighted by Crippen LogP contribution is -2.60. The van der Waals surface area contributed by atoms with Gasteiger partial charge in [-0.3, -0.25) is 29.0 Å². The van der Waals surface area contributed by atoms with E-state index in [0.717, 1.165) is 10.5 Å². The normalized spacial score (nSPS) is 32.5. The lowest BCUT2D eigenvalue weighted by atomic mass is 9.56. The summed E-state index contributed by atoms with van der Waals surface area (Å²) in [5.74, 6) is -5.59. The van der Waals surface area contributed by atoms with Crippen LogP contribution in [0.5, 0.6) is 11.5 Å². The van der Waals surface area contributed by atoms with Crippen LogP contribution in [0.1, 0.15) is 29.9 Å². The van der Waals surface area contributed by atoms with E-state index in [1.807, 2.05) is 6.08 Å². The van der Waals surface area contributed by atoms with Gasteiger partial charge in [-0.15, -0.1) is 23.2 Å². The number of alkyl halides is 2. The number of anilines is 1. The fraction of sp³-hybridized carbons (Fsp3) is 0.333. The molecule has 6 atom stereocenters. The van der Waals surface area contributed by atoms with Gasteiger partial charge in [-0.05, 0) is 54.2 Å². The first-order valence-electron chi connectivity index (χ1n) is 13.0. The number of phenols is 1. The van der Waals surface area contributed by atoms with E-state index < -0.39 is 51.1 Å². The third-order valence-corrected chi connectivity index (χ3v) is 10.7. The van der Waals surface area contributed by atoms with Crippen LogP contribution < -0.4 is 9.64 Å². The molecular weight excluding hydrogens is 591 g/mol. The van der Waals surface area contributed by atoms with Gasteiger partial charge in [-0.25, -0.2) is 0 Å². The first kappa shape index (κ1) is 27.8. The Morgan fingerprint density at radius 3 is 2.37 bits per heavy atom. The van der Waals surface area contributed by atoms with Gasteiger partial charge in [0, 0.05) is 13.0 Å². The van der Waals surface area contributed by atoms with Crippen molar-refractivity contribution in [3.05, 3.63) is 70.8 Å². The van der Waals surface area contributed by atoms with E-state index in [9.17, 15) is 24.3 Å². The predicted molar refractivity (Wildman–Crippen MR) is 154 cm³/mol. The molecule has 212 valence electrons. The molecule has 4 amide bonds. The van der Waals surface area contributed by atoms with Crippen molar-refractivity contribution in [3.8, 4) is 11.5 Å². The van der Waals surface area contributed by atoms with Crippen LogP contribution in [-0.2, 0) is 19.2 Å². The number of methoxy groups -OCH3 is 1. The van der Waals surface area contributed by atoms with Crippen LogP contribution in [0.15, 0.2) is 54.6 Å². The maximum absolute atomic E-state index is 14.0. The number of hydrogen-bond donors (Lipinski definition) is 1. The number of aromatic hydroxyl groups is 1. The van der Waals surface area contributed by atoms with Gasteiger partial charge in [-0.2, -0.15) is 0 Å². The van der Waals surface area contributed by atoms with Gasteiger partial charge in [0.05, 0.1) is 29.7 Å². The van der Waals surface area contributed by atoms with Crippen LogP contribution in [0.25, 0.3) is 6.08 Å². The average Bonchev–Trinajstić information content (AvgIpc) is 3.29. The number of ether oxygens (including phenoxy) is 1. The Morgan fingerprint density at radius 2 is 1.73 bits per heavy atom. The van der Waals surface area contributed by atoms with Gasteiger partial charge in [0.1, 0.15) is 0 Å². The van der Waals surface area contributed by atoms with Crippen molar-refractivity contribution >= 4 is 70.2 Å². The van der Waals surface area contributed by atoms with Gasteiger partial charge >= 0.3 is 0 Å². The Morgan fingerprint density at radius 1 is 1.05 bits per heavy atom. The number of allylic oxidation sites excluding steroid dienone is 2. The summed E-state index contributed by atoms with van der Waals surface area (Å²) in [5, 5.41) is 10.3. The molecule has 2 aromatic carbocycles. The molecule has 0 spiro atoms. The molecule has 2 aliphatic carbocycles. The van der Waals surface area contributed by atoms with Crippen LogP contribution in [0.4, 0.5) is 5.69 Å². The number of rotatable bonds is 4. The smallest absolute Gasteiger partial charge is 0.253 e. The number of carbonyl (C=O) groups excluding carboxylic acids is 4. The molecule has 2 aromatic rings. The molecule has 0 bridgehead atoms. The number of carbonyl (C=O) groups is 4. The highest BCUT2D eigenvalue weighted by Gasteiger charge is 2.76. The summed E-state index contributed by atoms with van der Waals surface area (Å²) in [7, 11) is 2.67. The van der Waals surface area contributed by atoms with Crippen molar-refractivity contribution < 1.29 is 29.0 Å². The van der Waals surface area contributed by atoms with Crippen LogP contribution in [-0.4, -0.2) is 57.5 Å². The van der Waals surface area contributed by atoms with E-state index in [2.05, 4.69) is 6.58 Å². The van der Waals surface area contributed by atoms with Gasteiger partial charge in [0.2, 0.25) is 11.8 Å². The van der Waals surface area contributed by atoms with Crippen molar-refractivity contribution in [3.63, 3.8) is 0 Å². The molecule has 2 saturated heterocycles. The Balaban J connectivity index is 1.52. The number of likely N-dealkylation sites (tertiary alicyclic amines) is 1. The number of imide groups is 2. The number of fused-ring (bicyclic) bond motifs is 4. The highest BCUT2D eigenvalue weighted by atomic mass is 35.5. The fourth-order valence-corrected chi connectivity index (χ4v) is 8.29. The zero-order valence-electron chi connectivity index (χ0n) is 22.1. The standard InChI is InChI=1S/C30H25Cl3N2O6/c1-4-14-5-7-16(8-6-14)35-25(37)18-10-9-17-19(22(18)26(35)38)13-29(32)27(39)34(2)28(40)30(29,33)23(17)15-11-20(31)24(36)21(12-15)41-3/h4-9,11-12,18-19,22-23,36H,1,10,13H2,2-3H3. The van der Waals surface area contributed by atoms with Gasteiger partial charge < -0.3 is 9.84 Å². The summed E-state index contributed by atoms with van der Waals surface area (Å²) in [6.45, 7) is 3.74. The average molecular weight is 616 g/mol. The molecule has 0 radical (unpaired) electrons. The maximum Gasteiger partial charge on any atom is 0.253 e. The molecule has 2 aliphatic heterocycles. The van der Waals surface area contributed by atoms with Crippen molar-refractivity contribution in [2.45, 2.75) is 28.5 Å². The van der Waals surface area contributed by atoms with E-state index >= 15 is 0 Å². The molecule has 3 fully saturated rings. The topological polar surface area (TPSA) is 104 Å². The third-order valence-electron chi connectivity index (χ3n) is 9.01. The molecule has 6 unspecified atom stereocenters. The largest absolute Gasteiger partial charge is 0.503 e. The van der Waals surface area contributed by atoms with Crippen molar-refractivity contribution in [1.82, 2.24) is 4.90 Å². The molecule has 6 rings (SSSR count). The van der Waals surface area contributed by atoms with E-state index in [4.69, 9.17) is 39.5 Å². The van der Waals surface area contributed by atoms with E-state index in [-0.39, 0.29) is 35.3 Å². The highest BCUT2D eigenvalue weighted by Crippen LogP contribution is 2.65. The number of phenolic OH excluding ortho intramolecular Hbond substituents is 1. The molecule has 4 aliphatic rings. The Labute approximate surface area is 251 Å². The second-order valence-electron chi connectivity index (χ2n) is 10.9. The minimum absolute atomic E-state index is 0.0377. The molecular formula is C30H25Cl3N2O6. The number of nitrogens with zero attached hydrogens (tertiary/aromatic N) is 2. The SMILES string of the molecule is C=Cc1ccc(N2C(=O)C3CC=C4C(CC5(Cl)C(=O)N(C)C(=O)C5(Cl)C4c4cc(Cl)c(O)c(OC)c4)C3C2=O)cc1. The number of amides is 4. The van der Waals surface area contributed by atoms with E-state index in [1.54, 1.807) is 30.3 Å². The van der Waals surface area contributed by atoms with Crippen LogP contribution in [0.2, 0.25) is 5.02 Å². The minimum atomic E-state index is -1.97. The van der Waals surface area contributed by atoms with Crippen molar-refractivity contribution in [1.29, 1.82) is 0 Å². The lowest BCUT2D eigenvalue weighted by Gasteiger charge is -2.50. The van der Waals surface area contributed by atoms with Crippen LogP contribution in [0, 0.1) is 17.8 Å². The first-order chi connectivity index (χ1) is 19.4. The fourth-order valence-electron chi connectivity index (χ4n) is 7.05. The Bertz CT molecular complexity index is 1590. The monoisotopic (exact) mass is 614 g/mol. The molecule has 2 heterocycles. The Kier molecular flexibility index (Phi) is 6.34. The number of benzene rings is 2. The highest BCUT2D eigenvalue weighted by molar-refractivity contribution is 6.53. The predicted octanol–water partition coefficient (Wildman–Crippen LogP) is 4.89. The summed E-state index contributed by atoms with van der Waals surface area (Å²) in [6.07, 6.45) is 3.59. The zero-order chi connectivity index (χ0) is 29.6. The Hall–Kier alpha value is -3.33. The summed E-state index contributed by atoms with van der Waals surface area (Å²) in [4.78, 5) is 53.1. The van der Waals surface area contributed by atoms with E-state index in [0.29, 0.717) is 16.8 Å². The molecule has 41 heavy (non-hydrogen) atoms. The number of halogens is 3. The molecule has 11 heteroatoms. The first-order valence-corrected chi connectivity index (χ1v) is 14.1. The van der Waals surface area contributed by atoms with Crippen molar-refractivity contribution in [2.24, 2.45) is 17.8 Å². The van der Waals surface area contributed by atoms with Gasteiger partial charge in [0.15, 0.2) is 21.2 Å². The van der Waals surface area contributed by atoms with Crippen molar-refractivity contribution in [2.75, 3.05) is 19.1 Å². The molecule has 0 aromatic heterocycles. The summed E-state index contributed by atoms with van der Waals surface area (Å²) >= 11 is 20.7. The molecule has 1 saturated carbocycles. The van der Waals surface area contributed by atoms with Gasteiger partial charge in [0.25, 0.3) is 11.8 Å².